The third-order valence-electron chi connectivity index (χ3n) is 3.33. The van der Waals surface area contributed by atoms with Gasteiger partial charge in [-0.3, -0.25) is 0 Å². The molecule has 2 rings (SSSR count). The first-order valence-corrected chi connectivity index (χ1v) is 8.45. The van der Waals surface area contributed by atoms with E-state index in [1.165, 1.54) is 5.56 Å². The maximum atomic E-state index is 5.81. The molecule has 1 N–H and O–H groups in total. The molecule has 0 saturated heterocycles. The van der Waals surface area contributed by atoms with Crippen molar-refractivity contribution in [3.8, 4) is 0 Å². The number of benzene rings is 1. The highest BCUT2D eigenvalue weighted by Crippen LogP contribution is 2.22. The molecule has 1 aromatic carbocycles. The standard InChI is InChI=1S/C17H23NOS/c1-13(2)17(14-7-5-4-6-8-14)18-11-15-9-10-16(19-15)12-20-3/h4-10,13,17-18H,11-12H2,1-3H3. The number of nitrogens with one attached hydrogen (secondary N) is 1. The summed E-state index contributed by atoms with van der Waals surface area (Å²) in [5, 5.41) is 3.61. The van der Waals surface area contributed by atoms with E-state index in [0.29, 0.717) is 12.0 Å². The molecule has 0 spiro atoms. The van der Waals surface area contributed by atoms with Crippen LogP contribution >= 0.6 is 11.8 Å². The molecule has 0 saturated carbocycles. The van der Waals surface area contributed by atoms with Crippen LogP contribution in [0.25, 0.3) is 0 Å². The molecule has 0 amide bonds. The van der Waals surface area contributed by atoms with Crippen molar-refractivity contribution in [1.29, 1.82) is 0 Å². The van der Waals surface area contributed by atoms with E-state index < -0.39 is 0 Å². The number of rotatable bonds is 7. The molecule has 108 valence electrons. The van der Waals surface area contributed by atoms with Crippen LogP contribution in [0.2, 0.25) is 0 Å². The Kier molecular flexibility index (Phi) is 5.74. The third-order valence-corrected chi connectivity index (χ3v) is 3.90. The van der Waals surface area contributed by atoms with Gasteiger partial charge < -0.3 is 9.73 Å². The lowest BCUT2D eigenvalue weighted by Gasteiger charge is -2.22. The summed E-state index contributed by atoms with van der Waals surface area (Å²) in [7, 11) is 0. The van der Waals surface area contributed by atoms with Crippen molar-refractivity contribution >= 4 is 11.8 Å². The fourth-order valence-electron chi connectivity index (χ4n) is 2.35. The van der Waals surface area contributed by atoms with Crippen molar-refractivity contribution in [2.45, 2.75) is 32.2 Å². The lowest BCUT2D eigenvalue weighted by atomic mass is 9.96. The van der Waals surface area contributed by atoms with Gasteiger partial charge in [-0.25, -0.2) is 0 Å². The van der Waals surface area contributed by atoms with Crippen LogP contribution in [0.15, 0.2) is 46.9 Å². The first-order valence-electron chi connectivity index (χ1n) is 7.05. The molecule has 2 nitrogen and oxygen atoms in total. The molecular weight excluding hydrogens is 266 g/mol. The van der Waals surface area contributed by atoms with E-state index in [0.717, 1.165) is 23.8 Å². The van der Waals surface area contributed by atoms with Crippen LogP contribution in [0, 0.1) is 5.92 Å². The van der Waals surface area contributed by atoms with Crippen LogP contribution in [-0.2, 0) is 12.3 Å². The van der Waals surface area contributed by atoms with Gasteiger partial charge >= 0.3 is 0 Å². The Balaban J connectivity index is 1.98. The van der Waals surface area contributed by atoms with Crippen molar-refractivity contribution in [2.75, 3.05) is 6.26 Å². The zero-order chi connectivity index (χ0) is 14.4. The molecule has 0 aliphatic rings. The first-order chi connectivity index (χ1) is 9.70. The quantitative estimate of drug-likeness (QED) is 0.804. The minimum atomic E-state index is 0.352. The van der Waals surface area contributed by atoms with Gasteiger partial charge in [-0.15, -0.1) is 0 Å². The minimum Gasteiger partial charge on any atom is -0.464 e. The van der Waals surface area contributed by atoms with E-state index in [2.05, 4.69) is 67.9 Å². The number of hydrogen-bond donors (Lipinski definition) is 1. The van der Waals surface area contributed by atoms with E-state index in [1.807, 2.05) is 0 Å². The Hall–Kier alpha value is -1.19. The van der Waals surface area contributed by atoms with Crippen LogP contribution in [0.5, 0.6) is 0 Å². The molecular formula is C17H23NOS. The Morgan fingerprint density at radius 2 is 1.75 bits per heavy atom. The van der Waals surface area contributed by atoms with Gasteiger partial charge in [0.25, 0.3) is 0 Å². The SMILES string of the molecule is CSCc1ccc(CNC(c2ccccc2)C(C)C)o1. The number of furan rings is 1. The summed E-state index contributed by atoms with van der Waals surface area (Å²) in [5.74, 6) is 3.54. The molecule has 1 heterocycles. The van der Waals surface area contributed by atoms with Gasteiger partial charge in [0.1, 0.15) is 11.5 Å². The van der Waals surface area contributed by atoms with Gasteiger partial charge in [-0.2, -0.15) is 11.8 Å². The van der Waals surface area contributed by atoms with Crippen LogP contribution in [0.4, 0.5) is 0 Å². The number of thioether (sulfide) groups is 1. The normalized spacial score (nSPS) is 12.8. The lowest BCUT2D eigenvalue weighted by molar-refractivity contribution is 0.379. The summed E-state index contributed by atoms with van der Waals surface area (Å²) in [5.41, 5.74) is 1.33. The maximum absolute atomic E-state index is 5.81. The smallest absolute Gasteiger partial charge is 0.118 e. The minimum absolute atomic E-state index is 0.352. The lowest BCUT2D eigenvalue weighted by Crippen LogP contribution is -2.25. The van der Waals surface area contributed by atoms with Crippen molar-refractivity contribution in [2.24, 2.45) is 5.92 Å². The Morgan fingerprint density at radius 1 is 1.05 bits per heavy atom. The summed E-state index contributed by atoms with van der Waals surface area (Å²) < 4.78 is 5.81. The second-order valence-electron chi connectivity index (χ2n) is 5.31. The molecule has 0 radical (unpaired) electrons. The molecule has 3 heteroatoms. The topological polar surface area (TPSA) is 25.2 Å². The highest BCUT2D eigenvalue weighted by atomic mass is 32.2. The fourth-order valence-corrected chi connectivity index (χ4v) is 2.79. The summed E-state index contributed by atoms with van der Waals surface area (Å²) in [6, 6.07) is 15.1. The van der Waals surface area contributed by atoms with Gasteiger partial charge in [0.05, 0.1) is 12.3 Å². The van der Waals surface area contributed by atoms with Crippen molar-refractivity contribution in [1.82, 2.24) is 5.32 Å². The van der Waals surface area contributed by atoms with Gasteiger partial charge in [-0.05, 0) is 29.9 Å². The highest BCUT2D eigenvalue weighted by Gasteiger charge is 2.15. The molecule has 0 bridgehead atoms. The molecule has 0 fully saturated rings. The van der Waals surface area contributed by atoms with Crippen molar-refractivity contribution in [3.05, 3.63) is 59.5 Å². The second kappa shape index (κ2) is 7.55. The summed E-state index contributed by atoms with van der Waals surface area (Å²) in [6.07, 6.45) is 2.09. The molecule has 1 atom stereocenters. The average Bonchev–Trinajstić information content (AvgIpc) is 2.88. The van der Waals surface area contributed by atoms with Crippen LogP contribution in [-0.4, -0.2) is 6.26 Å². The fraction of sp³-hybridized carbons (Fsp3) is 0.412. The summed E-state index contributed by atoms with van der Waals surface area (Å²) >= 11 is 1.78. The van der Waals surface area contributed by atoms with E-state index in [9.17, 15) is 0 Å². The predicted octanol–water partition coefficient (Wildman–Crippen LogP) is 4.63. The largest absolute Gasteiger partial charge is 0.464 e. The van der Waals surface area contributed by atoms with Gasteiger partial charge in [0.15, 0.2) is 0 Å². The van der Waals surface area contributed by atoms with E-state index in [4.69, 9.17) is 4.42 Å². The molecule has 1 aromatic heterocycles. The zero-order valence-corrected chi connectivity index (χ0v) is 13.2. The van der Waals surface area contributed by atoms with Crippen LogP contribution in [0.3, 0.4) is 0 Å². The van der Waals surface area contributed by atoms with Crippen molar-refractivity contribution in [3.63, 3.8) is 0 Å². The van der Waals surface area contributed by atoms with E-state index in [-0.39, 0.29) is 0 Å². The number of hydrogen-bond acceptors (Lipinski definition) is 3. The molecule has 1 unspecified atom stereocenters. The van der Waals surface area contributed by atoms with Gasteiger partial charge in [0, 0.05) is 6.04 Å². The van der Waals surface area contributed by atoms with Crippen molar-refractivity contribution < 1.29 is 4.42 Å². The average molecular weight is 289 g/mol. The summed E-state index contributed by atoms with van der Waals surface area (Å²) in [4.78, 5) is 0. The van der Waals surface area contributed by atoms with E-state index in [1.54, 1.807) is 11.8 Å². The first kappa shape index (κ1) is 15.2. The Labute approximate surface area is 126 Å². The van der Waals surface area contributed by atoms with Gasteiger partial charge in [0.2, 0.25) is 0 Å². The maximum Gasteiger partial charge on any atom is 0.118 e. The molecule has 20 heavy (non-hydrogen) atoms. The van der Waals surface area contributed by atoms with Gasteiger partial charge in [-0.1, -0.05) is 44.2 Å². The Bertz CT molecular complexity index is 507. The van der Waals surface area contributed by atoms with Crippen LogP contribution < -0.4 is 5.32 Å². The third kappa shape index (κ3) is 4.15. The van der Waals surface area contributed by atoms with E-state index >= 15 is 0 Å². The Morgan fingerprint density at radius 3 is 2.40 bits per heavy atom. The highest BCUT2D eigenvalue weighted by molar-refractivity contribution is 7.97. The molecule has 2 aromatic rings. The molecule has 0 aliphatic carbocycles. The monoisotopic (exact) mass is 289 g/mol. The zero-order valence-electron chi connectivity index (χ0n) is 12.4. The van der Waals surface area contributed by atoms with Crippen LogP contribution in [0.1, 0.15) is 37.0 Å². The molecule has 0 aliphatic heterocycles. The summed E-state index contributed by atoms with van der Waals surface area (Å²) in [6.45, 7) is 5.25. The predicted molar refractivity (Wildman–Crippen MR) is 86.8 cm³/mol. The second-order valence-corrected chi connectivity index (χ2v) is 6.18.